The van der Waals surface area contributed by atoms with E-state index in [0.29, 0.717) is 18.0 Å². The predicted molar refractivity (Wildman–Crippen MR) is 71.5 cm³/mol. The molecule has 2 N–H and O–H groups in total. The zero-order valence-electron chi connectivity index (χ0n) is 10.7. The van der Waals surface area contributed by atoms with Crippen LogP contribution in [0.5, 0.6) is 0 Å². The number of nitriles is 1. The van der Waals surface area contributed by atoms with Gasteiger partial charge in [0.2, 0.25) is 11.7 Å². The average Bonchev–Trinajstić information content (AvgIpc) is 2.87. The first kappa shape index (κ1) is 13.6. The lowest BCUT2D eigenvalue weighted by Gasteiger charge is -2.08. The van der Waals surface area contributed by atoms with Crippen LogP contribution in [0.15, 0.2) is 34.7 Å². The Morgan fingerprint density at radius 3 is 2.85 bits per heavy atom. The quantitative estimate of drug-likeness (QED) is 0.897. The summed E-state index contributed by atoms with van der Waals surface area (Å²) < 4.78 is 18.7. The van der Waals surface area contributed by atoms with Crippen molar-refractivity contribution in [2.75, 3.05) is 10.6 Å². The SMILES string of the molecule is CC(=O)Nc1cc(NCc2ccc(C#N)o2)ccc1F. The van der Waals surface area contributed by atoms with E-state index < -0.39 is 5.82 Å². The molecule has 0 saturated carbocycles. The number of benzene rings is 1. The van der Waals surface area contributed by atoms with Gasteiger partial charge in [-0.15, -0.1) is 0 Å². The third-order valence-corrected chi connectivity index (χ3v) is 2.52. The van der Waals surface area contributed by atoms with E-state index in [0.717, 1.165) is 0 Å². The monoisotopic (exact) mass is 273 g/mol. The molecule has 0 bridgehead atoms. The van der Waals surface area contributed by atoms with Crippen molar-refractivity contribution in [2.45, 2.75) is 13.5 Å². The Bertz CT molecular complexity index is 673. The van der Waals surface area contributed by atoms with Gasteiger partial charge in [0, 0.05) is 12.6 Å². The molecule has 5 nitrogen and oxygen atoms in total. The molecule has 1 aromatic carbocycles. The van der Waals surface area contributed by atoms with E-state index >= 15 is 0 Å². The number of furan rings is 1. The molecule has 0 aliphatic rings. The molecule has 0 aliphatic carbocycles. The Morgan fingerprint density at radius 2 is 2.20 bits per heavy atom. The van der Waals surface area contributed by atoms with Crippen LogP contribution in [0.4, 0.5) is 15.8 Å². The summed E-state index contributed by atoms with van der Waals surface area (Å²) in [5.41, 5.74) is 0.740. The summed E-state index contributed by atoms with van der Waals surface area (Å²) >= 11 is 0. The van der Waals surface area contributed by atoms with Gasteiger partial charge in [-0.3, -0.25) is 4.79 Å². The van der Waals surface area contributed by atoms with Crippen LogP contribution >= 0.6 is 0 Å². The van der Waals surface area contributed by atoms with Crippen LogP contribution < -0.4 is 10.6 Å². The Morgan fingerprint density at radius 1 is 1.40 bits per heavy atom. The first-order valence-corrected chi connectivity index (χ1v) is 5.88. The van der Waals surface area contributed by atoms with Gasteiger partial charge in [0.25, 0.3) is 0 Å². The van der Waals surface area contributed by atoms with Crippen LogP contribution in [-0.2, 0) is 11.3 Å². The number of carbonyl (C=O) groups excluding carboxylic acids is 1. The van der Waals surface area contributed by atoms with E-state index in [4.69, 9.17) is 9.68 Å². The van der Waals surface area contributed by atoms with E-state index in [1.807, 2.05) is 6.07 Å². The minimum atomic E-state index is -0.504. The van der Waals surface area contributed by atoms with Crippen LogP contribution in [0.2, 0.25) is 0 Å². The topological polar surface area (TPSA) is 78.1 Å². The van der Waals surface area contributed by atoms with Gasteiger partial charge in [-0.2, -0.15) is 5.26 Å². The van der Waals surface area contributed by atoms with E-state index in [2.05, 4.69) is 10.6 Å². The highest BCUT2D eigenvalue weighted by molar-refractivity contribution is 5.89. The molecule has 2 rings (SSSR count). The lowest BCUT2D eigenvalue weighted by molar-refractivity contribution is -0.114. The summed E-state index contributed by atoms with van der Waals surface area (Å²) in [6.07, 6.45) is 0. The minimum absolute atomic E-state index is 0.111. The second-order valence-electron chi connectivity index (χ2n) is 4.11. The summed E-state index contributed by atoms with van der Waals surface area (Å²) in [6.45, 7) is 1.67. The maximum absolute atomic E-state index is 13.4. The Kier molecular flexibility index (Phi) is 4.01. The highest BCUT2D eigenvalue weighted by Gasteiger charge is 2.06. The van der Waals surface area contributed by atoms with E-state index in [-0.39, 0.29) is 17.4 Å². The molecule has 20 heavy (non-hydrogen) atoms. The molecule has 6 heteroatoms. The van der Waals surface area contributed by atoms with Gasteiger partial charge in [0.05, 0.1) is 12.2 Å². The zero-order chi connectivity index (χ0) is 14.5. The van der Waals surface area contributed by atoms with Crippen LogP contribution in [0.25, 0.3) is 0 Å². The molecular weight excluding hydrogens is 261 g/mol. The molecule has 0 radical (unpaired) electrons. The fourth-order valence-corrected chi connectivity index (χ4v) is 1.64. The van der Waals surface area contributed by atoms with E-state index in [9.17, 15) is 9.18 Å². The lowest BCUT2D eigenvalue weighted by Crippen LogP contribution is -2.08. The Labute approximate surface area is 115 Å². The van der Waals surface area contributed by atoms with Crippen molar-refractivity contribution in [1.82, 2.24) is 0 Å². The summed E-state index contributed by atoms with van der Waals surface area (Å²) in [6, 6.07) is 9.45. The molecule has 2 aromatic rings. The van der Waals surface area contributed by atoms with Crippen LogP contribution in [-0.4, -0.2) is 5.91 Å². The summed E-state index contributed by atoms with van der Waals surface area (Å²) in [4.78, 5) is 10.9. The first-order valence-electron chi connectivity index (χ1n) is 5.88. The predicted octanol–water partition coefficient (Wildman–Crippen LogP) is 2.86. The number of carbonyl (C=O) groups is 1. The maximum Gasteiger partial charge on any atom is 0.221 e. The van der Waals surface area contributed by atoms with Gasteiger partial charge in [0.1, 0.15) is 17.6 Å². The second-order valence-corrected chi connectivity index (χ2v) is 4.11. The number of anilines is 2. The van der Waals surface area contributed by atoms with Crippen molar-refractivity contribution >= 4 is 17.3 Å². The number of amides is 1. The molecule has 0 atom stereocenters. The molecule has 1 aromatic heterocycles. The van der Waals surface area contributed by atoms with Crippen LogP contribution in [0, 0.1) is 17.1 Å². The fourth-order valence-electron chi connectivity index (χ4n) is 1.64. The first-order chi connectivity index (χ1) is 9.58. The minimum Gasteiger partial charge on any atom is -0.449 e. The molecule has 1 amide bonds. The second kappa shape index (κ2) is 5.89. The highest BCUT2D eigenvalue weighted by Crippen LogP contribution is 2.20. The summed E-state index contributed by atoms with van der Waals surface area (Å²) in [7, 11) is 0. The maximum atomic E-state index is 13.4. The fraction of sp³-hybridized carbons (Fsp3) is 0.143. The number of hydrogen-bond donors (Lipinski definition) is 2. The molecule has 0 saturated heterocycles. The van der Waals surface area contributed by atoms with Crippen molar-refractivity contribution in [3.63, 3.8) is 0 Å². The van der Waals surface area contributed by atoms with Crippen molar-refractivity contribution in [1.29, 1.82) is 5.26 Å². The molecule has 1 heterocycles. The molecule has 102 valence electrons. The number of nitrogens with zero attached hydrogens (tertiary/aromatic N) is 1. The van der Waals surface area contributed by atoms with Crippen molar-refractivity contribution in [2.24, 2.45) is 0 Å². The van der Waals surface area contributed by atoms with Gasteiger partial charge >= 0.3 is 0 Å². The molecule has 0 aliphatic heterocycles. The largest absolute Gasteiger partial charge is 0.449 e. The summed E-state index contributed by atoms with van der Waals surface area (Å²) in [5, 5.41) is 14.1. The van der Waals surface area contributed by atoms with E-state index in [1.54, 1.807) is 18.2 Å². The zero-order valence-corrected chi connectivity index (χ0v) is 10.7. The molecule has 0 spiro atoms. The number of rotatable bonds is 4. The third-order valence-electron chi connectivity index (χ3n) is 2.52. The van der Waals surface area contributed by atoms with Gasteiger partial charge in [-0.05, 0) is 30.3 Å². The number of halogens is 1. The standard InChI is InChI=1S/C14H12FN3O2/c1-9(19)18-14-6-10(2-5-13(14)15)17-8-12-4-3-11(7-16)20-12/h2-6,17H,8H2,1H3,(H,18,19). The Hall–Kier alpha value is -2.81. The van der Waals surface area contributed by atoms with E-state index in [1.165, 1.54) is 19.1 Å². The average molecular weight is 273 g/mol. The molecule has 0 unspecified atom stereocenters. The smallest absolute Gasteiger partial charge is 0.221 e. The van der Waals surface area contributed by atoms with Gasteiger partial charge < -0.3 is 15.1 Å². The highest BCUT2D eigenvalue weighted by atomic mass is 19.1. The summed E-state index contributed by atoms with van der Waals surface area (Å²) in [5.74, 6) is -0.0203. The molecular formula is C14H12FN3O2. The van der Waals surface area contributed by atoms with Gasteiger partial charge in [-0.25, -0.2) is 4.39 Å². The van der Waals surface area contributed by atoms with Crippen molar-refractivity contribution < 1.29 is 13.6 Å². The van der Waals surface area contributed by atoms with Crippen LogP contribution in [0.1, 0.15) is 18.4 Å². The number of nitrogens with one attached hydrogen (secondary N) is 2. The van der Waals surface area contributed by atoms with Gasteiger partial charge in [-0.1, -0.05) is 0 Å². The van der Waals surface area contributed by atoms with Crippen LogP contribution in [0.3, 0.4) is 0 Å². The van der Waals surface area contributed by atoms with Crippen molar-refractivity contribution in [3.8, 4) is 6.07 Å². The lowest BCUT2D eigenvalue weighted by atomic mass is 10.2. The Balaban J connectivity index is 2.06. The number of hydrogen-bond acceptors (Lipinski definition) is 4. The molecule has 0 fully saturated rings. The van der Waals surface area contributed by atoms with Gasteiger partial charge in [0.15, 0.2) is 0 Å². The van der Waals surface area contributed by atoms with Crippen molar-refractivity contribution in [3.05, 3.63) is 47.7 Å². The normalized spacial score (nSPS) is 9.85. The third kappa shape index (κ3) is 3.36.